The van der Waals surface area contributed by atoms with Crippen molar-refractivity contribution in [1.82, 2.24) is 4.57 Å². The largest absolute Gasteiger partial charge is 0.477 e. The molecule has 23 heavy (non-hydrogen) atoms. The van der Waals surface area contributed by atoms with Crippen LogP contribution in [0.15, 0.2) is 47.3 Å². The quantitative estimate of drug-likeness (QED) is 0.789. The molecule has 0 aliphatic heterocycles. The molecule has 0 fully saturated rings. The molecule has 0 saturated heterocycles. The van der Waals surface area contributed by atoms with E-state index >= 15 is 0 Å². The van der Waals surface area contributed by atoms with Gasteiger partial charge in [-0.05, 0) is 30.3 Å². The van der Waals surface area contributed by atoms with Crippen molar-refractivity contribution in [2.24, 2.45) is 0 Å². The predicted molar refractivity (Wildman–Crippen MR) is 76.4 cm³/mol. The smallest absolute Gasteiger partial charge is 0.353 e. The molecule has 3 rings (SSSR count). The maximum atomic E-state index is 14.1. The lowest BCUT2D eigenvalue weighted by molar-refractivity contribution is 0.0687. The van der Waals surface area contributed by atoms with Crippen LogP contribution >= 0.6 is 0 Å². The number of fused-ring (bicyclic) bond motifs is 1. The molecule has 0 aliphatic carbocycles. The molecular formula is C16H8F3NO3. The zero-order valence-corrected chi connectivity index (χ0v) is 11.4. The number of hydrogen-bond donors (Lipinski definition) is 1. The Balaban J connectivity index is 2.53. The first-order valence-electron chi connectivity index (χ1n) is 6.42. The van der Waals surface area contributed by atoms with Gasteiger partial charge in [0.2, 0.25) is 0 Å². The number of halogens is 3. The van der Waals surface area contributed by atoms with Gasteiger partial charge in [-0.25, -0.2) is 18.0 Å². The van der Waals surface area contributed by atoms with Gasteiger partial charge in [-0.15, -0.1) is 0 Å². The maximum Gasteiger partial charge on any atom is 0.353 e. The zero-order chi connectivity index (χ0) is 16.7. The summed E-state index contributed by atoms with van der Waals surface area (Å²) in [6.07, 6.45) is 0. The van der Waals surface area contributed by atoms with Crippen molar-refractivity contribution in [3.8, 4) is 5.69 Å². The van der Waals surface area contributed by atoms with Crippen LogP contribution in [-0.2, 0) is 0 Å². The summed E-state index contributed by atoms with van der Waals surface area (Å²) in [4.78, 5) is 23.4. The molecule has 0 aliphatic rings. The summed E-state index contributed by atoms with van der Waals surface area (Å²) in [6, 6.07) is 6.48. The highest BCUT2D eigenvalue weighted by Crippen LogP contribution is 2.23. The van der Waals surface area contributed by atoms with Gasteiger partial charge in [0.05, 0.1) is 11.2 Å². The summed E-state index contributed by atoms with van der Waals surface area (Å²) < 4.78 is 41.6. The molecule has 1 heterocycles. The Morgan fingerprint density at radius 1 is 0.957 bits per heavy atom. The van der Waals surface area contributed by atoms with Crippen LogP contribution in [0.1, 0.15) is 10.5 Å². The molecule has 4 nitrogen and oxygen atoms in total. The van der Waals surface area contributed by atoms with E-state index in [0.29, 0.717) is 6.07 Å². The minimum Gasteiger partial charge on any atom is -0.477 e. The van der Waals surface area contributed by atoms with Crippen LogP contribution in [0, 0.1) is 17.5 Å². The van der Waals surface area contributed by atoms with Crippen molar-refractivity contribution >= 4 is 16.9 Å². The number of carboxylic acids is 1. The lowest BCUT2D eigenvalue weighted by Gasteiger charge is -2.15. The Morgan fingerprint density at radius 2 is 1.61 bits per heavy atom. The molecule has 0 radical (unpaired) electrons. The minimum absolute atomic E-state index is 0.0140. The van der Waals surface area contributed by atoms with Crippen LogP contribution < -0.4 is 5.43 Å². The first kappa shape index (κ1) is 14.8. The van der Waals surface area contributed by atoms with Gasteiger partial charge in [-0.1, -0.05) is 0 Å². The number of carbonyl (C=O) groups is 1. The van der Waals surface area contributed by atoms with Crippen molar-refractivity contribution in [3.63, 3.8) is 0 Å². The molecular weight excluding hydrogens is 311 g/mol. The van der Waals surface area contributed by atoms with E-state index in [2.05, 4.69) is 0 Å². The van der Waals surface area contributed by atoms with Gasteiger partial charge in [0.1, 0.15) is 23.1 Å². The molecule has 0 bridgehead atoms. The Bertz CT molecular complexity index is 1010. The van der Waals surface area contributed by atoms with Crippen molar-refractivity contribution in [2.75, 3.05) is 0 Å². The molecule has 1 aromatic heterocycles. The first-order valence-corrected chi connectivity index (χ1v) is 6.42. The van der Waals surface area contributed by atoms with Crippen LogP contribution in [0.2, 0.25) is 0 Å². The van der Waals surface area contributed by atoms with E-state index in [4.69, 9.17) is 0 Å². The Hall–Kier alpha value is -3.09. The fourth-order valence-electron chi connectivity index (χ4n) is 2.37. The third-order valence-electron chi connectivity index (χ3n) is 3.34. The SMILES string of the molecule is O=C(O)c1cc(=O)c2ccc(F)cc2n1-c1ccc(F)cc1F. The second kappa shape index (κ2) is 5.28. The number of carboxylic acid groups (broad SMARTS) is 1. The molecule has 0 atom stereocenters. The van der Waals surface area contributed by atoms with E-state index in [0.717, 1.165) is 34.9 Å². The lowest BCUT2D eigenvalue weighted by Crippen LogP contribution is -2.18. The van der Waals surface area contributed by atoms with Gasteiger partial charge in [0, 0.05) is 17.5 Å². The number of aromatic carboxylic acids is 1. The molecule has 7 heteroatoms. The van der Waals surface area contributed by atoms with Gasteiger partial charge in [0.15, 0.2) is 5.43 Å². The van der Waals surface area contributed by atoms with E-state index in [-0.39, 0.29) is 16.6 Å². The molecule has 2 aromatic carbocycles. The number of benzene rings is 2. The molecule has 0 unspecified atom stereocenters. The number of hydrogen-bond acceptors (Lipinski definition) is 2. The highest BCUT2D eigenvalue weighted by atomic mass is 19.1. The van der Waals surface area contributed by atoms with E-state index in [1.54, 1.807) is 0 Å². The van der Waals surface area contributed by atoms with Gasteiger partial charge in [0.25, 0.3) is 0 Å². The summed E-state index contributed by atoms with van der Waals surface area (Å²) in [7, 11) is 0. The fourth-order valence-corrected chi connectivity index (χ4v) is 2.37. The maximum absolute atomic E-state index is 14.1. The minimum atomic E-state index is -1.50. The standard InChI is InChI=1S/C16H8F3NO3/c17-8-2-4-12(11(19)5-8)20-13-6-9(18)1-3-10(13)15(21)7-14(20)16(22)23/h1-7H,(H,22,23). The summed E-state index contributed by atoms with van der Waals surface area (Å²) in [5.74, 6) is -4.12. The molecule has 0 spiro atoms. The Morgan fingerprint density at radius 3 is 2.26 bits per heavy atom. The van der Waals surface area contributed by atoms with Crippen molar-refractivity contribution < 1.29 is 23.1 Å². The van der Waals surface area contributed by atoms with E-state index in [1.165, 1.54) is 6.07 Å². The average Bonchev–Trinajstić information content (AvgIpc) is 2.47. The summed E-state index contributed by atoms with van der Waals surface area (Å²) in [5, 5.41) is 9.29. The highest BCUT2D eigenvalue weighted by Gasteiger charge is 2.19. The zero-order valence-electron chi connectivity index (χ0n) is 11.4. The normalized spacial score (nSPS) is 10.9. The monoisotopic (exact) mass is 319 g/mol. The van der Waals surface area contributed by atoms with Gasteiger partial charge in [-0.2, -0.15) is 0 Å². The van der Waals surface area contributed by atoms with Crippen LogP contribution in [0.25, 0.3) is 16.6 Å². The van der Waals surface area contributed by atoms with Crippen LogP contribution in [0.3, 0.4) is 0 Å². The Kier molecular flexibility index (Phi) is 3.40. The van der Waals surface area contributed by atoms with Gasteiger partial charge < -0.3 is 9.67 Å². The van der Waals surface area contributed by atoms with E-state index < -0.39 is 34.5 Å². The topological polar surface area (TPSA) is 59.3 Å². The average molecular weight is 319 g/mol. The van der Waals surface area contributed by atoms with Gasteiger partial charge in [-0.3, -0.25) is 4.79 Å². The van der Waals surface area contributed by atoms with Crippen molar-refractivity contribution in [3.05, 3.63) is 75.8 Å². The number of pyridine rings is 1. The molecule has 3 aromatic rings. The van der Waals surface area contributed by atoms with Crippen LogP contribution in [0.5, 0.6) is 0 Å². The second-order valence-electron chi connectivity index (χ2n) is 4.79. The third-order valence-corrected chi connectivity index (χ3v) is 3.34. The summed E-state index contributed by atoms with van der Waals surface area (Å²) in [5.41, 5.74) is -1.63. The molecule has 1 N–H and O–H groups in total. The van der Waals surface area contributed by atoms with Crippen LogP contribution in [0.4, 0.5) is 13.2 Å². The number of nitrogens with zero attached hydrogens (tertiary/aromatic N) is 1. The number of rotatable bonds is 2. The summed E-state index contributed by atoms with van der Waals surface area (Å²) >= 11 is 0. The molecule has 0 amide bonds. The second-order valence-corrected chi connectivity index (χ2v) is 4.79. The first-order chi connectivity index (χ1) is 10.9. The van der Waals surface area contributed by atoms with Crippen LogP contribution in [-0.4, -0.2) is 15.6 Å². The van der Waals surface area contributed by atoms with Gasteiger partial charge >= 0.3 is 5.97 Å². The summed E-state index contributed by atoms with van der Waals surface area (Å²) in [6.45, 7) is 0. The Labute approximate surface area is 127 Å². The molecule has 0 saturated carbocycles. The van der Waals surface area contributed by atoms with E-state index in [1.807, 2.05) is 0 Å². The fraction of sp³-hybridized carbons (Fsp3) is 0. The predicted octanol–water partition coefficient (Wildman–Crippen LogP) is 3.11. The van der Waals surface area contributed by atoms with E-state index in [9.17, 15) is 27.9 Å². The highest BCUT2D eigenvalue weighted by molar-refractivity contribution is 5.92. The number of aromatic nitrogens is 1. The lowest BCUT2D eigenvalue weighted by atomic mass is 10.1. The van der Waals surface area contributed by atoms with Crippen molar-refractivity contribution in [2.45, 2.75) is 0 Å². The third kappa shape index (κ3) is 2.46. The van der Waals surface area contributed by atoms with Crippen molar-refractivity contribution in [1.29, 1.82) is 0 Å². The molecule has 116 valence electrons.